The van der Waals surface area contributed by atoms with Crippen molar-refractivity contribution in [3.05, 3.63) is 60.0 Å². The first-order chi connectivity index (χ1) is 13.6. The maximum absolute atomic E-state index is 12.4. The number of hydrogen-bond acceptors (Lipinski definition) is 5. The van der Waals surface area contributed by atoms with E-state index in [1.165, 1.54) is 0 Å². The molecule has 1 heterocycles. The van der Waals surface area contributed by atoms with Crippen LogP contribution in [-0.4, -0.2) is 23.2 Å². The molecule has 2 aromatic carbocycles. The zero-order chi connectivity index (χ0) is 19.9. The number of nitrogens with zero attached hydrogens (tertiary/aromatic N) is 2. The molecule has 0 unspecified atom stereocenters. The Hall–Kier alpha value is -3.15. The van der Waals surface area contributed by atoms with Gasteiger partial charge in [0.15, 0.2) is 0 Å². The van der Waals surface area contributed by atoms with E-state index in [2.05, 4.69) is 35.4 Å². The summed E-state index contributed by atoms with van der Waals surface area (Å²) in [6.07, 6.45) is 1.68. The monoisotopic (exact) mass is 379 g/mol. The molecule has 3 aromatic rings. The second kappa shape index (κ2) is 9.17. The number of aromatic nitrogens is 2. The summed E-state index contributed by atoms with van der Waals surface area (Å²) in [7, 11) is 1.62. The van der Waals surface area contributed by atoms with E-state index in [4.69, 9.17) is 9.26 Å². The minimum atomic E-state index is -0.0695. The molecule has 28 heavy (non-hydrogen) atoms. The van der Waals surface area contributed by atoms with Crippen LogP contribution >= 0.6 is 0 Å². The van der Waals surface area contributed by atoms with Crippen LogP contribution in [0.1, 0.15) is 44.1 Å². The SMILES string of the molecule is CC[C@H](C)c1ccccc1NC(=O)CCc1nc(-c2ccc(OC)cc2)no1. The van der Waals surface area contributed by atoms with E-state index in [-0.39, 0.29) is 12.3 Å². The van der Waals surface area contributed by atoms with Crippen LogP contribution in [0.15, 0.2) is 53.1 Å². The predicted molar refractivity (Wildman–Crippen MR) is 108 cm³/mol. The summed E-state index contributed by atoms with van der Waals surface area (Å²) in [4.78, 5) is 16.8. The lowest BCUT2D eigenvalue weighted by molar-refractivity contribution is -0.116. The average Bonchev–Trinajstić information content (AvgIpc) is 3.21. The molecule has 6 heteroatoms. The molecule has 0 saturated carbocycles. The molecule has 0 aliphatic carbocycles. The number of amides is 1. The van der Waals surface area contributed by atoms with Crippen molar-refractivity contribution >= 4 is 11.6 Å². The molecule has 3 rings (SSSR count). The molecule has 0 fully saturated rings. The van der Waals surface area contributed by atoms with Crippen LogP contribution in [0.5, 0.6) is 5.75 Å². The standard InChI is InChI=1S/C22H25N3O3/c1-4-15(2)18-7-5-6-8-19(18)23-20(26)13-14-21-24-22(25-28-21)16-9-11-17(27-3)12-10-16/h5-12,15H,4,13-14H2,1-3H3,(H,23,26)/t15-/m0/s1. The molecule has 0 radical (unpaired) electrons. The zero-order valence-corrected chi connectivity index (χ0v) is 16.4. The molecule has 146 valence electrons. The highest BCUT2D eigenvalue weighted by atomic mass is 16.5. The van der Waals surface area contributed by atoms with Crippen LogP contribution in [0.2, 0.25) is 0 Å². The van der Waals surface area contributed by atoms with E-state index in [0.29, 0.717) is 24.1 Å². The molecule has 6 nitrogen and oxygen atoms in total. The first-order valence-electron chi connectivity index (χ1n) is 9.46. The fourth-order valence-corrected chi connectivity index (χ4v) is 2.91. The van der Waals surface area contributed by atoms with Gasteiger partial charge >= 0.3 is 0 Å². The van der Waals surface area contributed by atoms with Gasteiger partial charge in [-0.15, -0.1) is 0 Å². The second-order valence-corrected chi connectivity index (χ2v) is 6.68. The first kappa shape index (κ1) is 19.6. The Morgan fingerprint density at radius 3 is 2.64 bits per heavy atom. The van der Waals surface area contributed by atoms with Crippen molar-refractivity contribution in [1.29, 1.82) is 0 Å². The quantitative estimate of drug-likeness (QED) is 0.606. The molecule has 0 aliphatic heterocycles. The largest absolute Gasteiger partial charge is 0.497 e. The van der Waals surface area contributed by atoms with Gasteiger partial charge in [-0.25, -0.2) is 0 Å². The van der Waals surface area contributed by atoms with Gasteiger partial charge in [0.25, 0.3) is 0 Å². The van der Waals surface area contributed by atoms with E-state index < -0.39 is 0 Å². The Kier molecular flexibility index (Phi) is 6.42. The highest BCUT2D eigenvalue weighted by molar-refractivity contribution is 5.91. The molecular weight excluding hydrogens is 354 g/mol. The van der Waals surface area contributed by atoms with Crippen molar-refractivity contribution in [3.8, 4) is 17.1 Å². The molecular formula is C22H25N3O3. The Bertz CT molecular complexity index is 919. The average molecular weight is 379 g/mol. The number of carbonyl (C=O) groups is 1. The third-order valence-electron chi connectivity index (χ3n) is 4.76. The maximum Gasteiger partial charge on any atom is 0.227 e. The van der Waals surface area contributed by atoms with Crippen molar-refractivity contribution in [2.24, 2.45) is 0 Å². The fourth-order valence-electron chi connectivity index (χ4n) is 2.91. The third-order valence-corrected chi connectivity index (χ3v) is 4.76. The van der Waals surface area contributed by atoms with E-state index in [1.807, 2.05) is 42.5 Å². The van der Waals surface area contributed by atoms with E-state index in [0.717, 1.165) is 29.0 Å². The smallest absolute Gasteiger partial charge is 0.227 e. The Balaban J connectivity index is 1.59. The highest BCUT2D eigenvalue weighted by Gasteiger charge is 2.13. The number of hydrogen-bond donors (Lipinski definition) is 1. The lowest BCUT2D eigenvalue weighted by Gasteiger charge is -2.15. The molecule has 1 atom stereocenters. The number of carbonyl (C=O) groups excluding carboxylic acids is 1. The molecule has 0 spiro atoms. The minimum absolute atomic E-state index is 0.0695. The van der Waals surface area contributed by atoms with E-state index in [9.17, 15) is 4.79 Å². The van der Waals surface area contributed by atoms with Crippen molar-refractivity contribution in [2.75, 3.05) is 12.4 Å². The van der Waals surface area contributed by atoms with Gasteiger partial charge in [0.05, 0.1) is 7.11 Å². The summed E-state index contributed by atoms with van der Waals surface area (Å²) < 4.78 is 10.4. The van der Waals surface area contributed by atoms with Crippen LogP contribution in [-0.2, 0) is 11.2 Å². The lowest BCUT2D eigenvalue weighted by Crippen LogP contribution is -2.14. The number of para-hydroxylation sites is 1. The van der Waals surface area contributed by atoms with Gasteiger partial charge < -0.3 is 14.6 Å². The summed E-state index contributed by atoms with van der Waals surface area (Å²) in [6, 6.07) is 15.3. The summed E-state index contributed by atoms with van der Waals surface area (Å²) >= 11 is 0. The molecule has 1 aromatic heterocycles. The number of ether oxygens (including phenoxy) is 1. The second-order valence-electron chi connectivity index (χ2n) is 6.68. The van der Waals surface area contributed by atoms with Crippen LogP contribution in [0.4, 0.5) is 5.69 Å². The van der Waals surface area contributed by atoms with E-state index >= 15 is 0 Å². The van der Waals surface area contributed by atoms with E-state index in [1.54, 1.807) is 7.11 Å². The summed E-state index contributed by atoms with van der Waals surface area (Å²) in [5.41, 5.74) is 2.85. The van der Waals surface area contributed by atoms with Gasteiger partial charge in [0, 0.05) is 24.1 Å². The molecule has 1 amide bonds. The van der Waals surface area contributed by atoms with Gasteiger partial charge in [-0.1, -0.05) is 37.2 Å². The molecule has 1 N–H and O–H groups in total. The molecule has 0 saturated heterocycles. The van der Waals surface area contributed by atoms with Gasteiger partial charge in [0.1, 0.15) is 5.75 Å². The number of aryl methyl sites for hydroxylation is 1. The Morgan fingerprint density at radius 2 is 1.93 bits per heavy atom. The third kappa shape index (κ3) is 4.76. The van der Waals surface area contributed by atoms with Crippen LogP contribution < -0.4 is 10.1 Å². The van der Waals surface area contributed by atoms with Crippen LogP contribution in [0.3, 0.4) is 0 Å². The van der Waals surface area contributed by atoms with Gasteiger partial charge in [0.2, 0.25) is 17.6 Å². The Morgan fingerprint density at radius 1 is 1.18 bits per heavy atom. The summed E-state index contributed by atoms with van der Waals surface area (Å²) in [6.45, 7) is 4.30. The summed E-state index contributed by atoms with van der Waals surface area (Å²) in [5, 5.41) is 7.00. The number of nitrogens with one attached hydrogen (secondary N) is 1. The van der Waals surface area contributed by atoms with Crippen LogP contribution in [0, 0.1) is 0 Å². The lowest BCUT2D eigenvalue weighted by atomic mass is 9.97. The van der Waals surface area contributed by atoms with Crippen molar-refractivity contribution in [3.63, 3.8) is 0 Å². The zero-order valence-electron chi connectivity index (χ0n) is 16.4. The van der Waals surface area contributed by atoms with Crippen molar-refractivity contribution in [1.82, 2.24) is 10.1 Å². The number of anilines is 1. The van der Waals surface area contributed by atoms with Gasteiger partial charge in [-0.2, -0.15) is 4.98 Å². The molecule has 0 bridgehead atoms. The van der Waals surface area contributed by atoms with Crippen molar-refractivity contribution < 1.29 is 14.1 Å². The maximum atomic E-state index is 12.4. The number of methoxy groups -OCH3 is 1. The predicted octanol–water partition coefficient (Wildman–Crippen LogP) is 4.83. The Labute approximate surface area is 164 Å². The fraction of sp³-hybridized carbons (Fsp3) is 0.318. The number of benzene rings is 2. The first-order valence-corrected chi connectivity index (χ1v) is 9.46. The van der Waals surface area contributed by atoms with Gasteiger partial charge in [-0.3, -0.25) is 4.79 Å². The van der Waals surface area contributed by atoms with Gasteiger partial charge in [-0.05, 0) is 48.2 Å². The normalized spacial score (nSPS) is 11.8. The summed E-state index contributed by atoms with van der Waals surface area (Å²) in [5.74, 6) is 2.03. The minimum Gasteiger partial charge on any atom is -0.497 e. The van der Waals surface area contributed by atoms with Crippen LogP contribution in [0.25, 0.3) is 11.4 Å². The topological polar surface area (TPSA) is 77.2 Å². The van der Waals surface area contributed by atoms with Crippen molar-refractivity contribution in [2.45, 2.75) is 39.0 Å². The number of rotatable bonds is 8. The highest BCUT2D eigenvalue weighted by Crippen LogP contribution is 2.26. The molecule has 0 aliphatic rings.